The highest BCUT2D eigenvalue weighted by Gasteiger charge is 2.30. The lowest BCUT2D eigenvalue weighted by atomic mass is 10.2. The molecule has 2 heterocycles. The lowest BCUT2D eigenvalue weighted by molar-refractivity contribution is 0.597. The van der Waals surface area contributed by atoms with Crippen LogP contribution < -0.4 is 5.73 Å². The van der Waals surface area contributed by atoms with Crippen LogP contribution in [0.25, 0.3) is 27.9 Å². The Hall–Kier alpha value is -3.23. The number of fused-ring (bicyclic) bond motifs is 2. The van der Waals surface area contributed by atoms with Gasteiger partial charge in [-0.25, -0.2) is 18.4 Å². The summed E-state index contributed by atoms with van der Waals surface area (Å²) in [5.41, 5.74) is 10.0. The number of hydrogen-bond donors (Lipinski definition) is 1. The molecule has 0 aliphatic rings. The molecule has 0 saturated carbocycles. The molecular weight excluding hydrogens is 476 g/mol. The minimum absolute atomic E-state index is 0.0374. The zero-order valence-corrected chi connectivity index (χ0v) is 18.9. The Morgan fingerprint density at radius 1 is 0.903 bits per heavy atom. The lowest BCUT2D eigenvalue weighted by Crippen LogP contribution is -2.07. The van der Waals surface area contributed by atoms with Crippen LogP contribution in [-0.4, -0.2) is 23.0 Å². The Kier molecular flexibility index (Phi) is 4.56. The van der Waals surface area contributed by atoms with Crippen LogP contribution in [0.4, 0.5) is 5.82 Å². The number of nitrogens with two attached hydrogens (primary N) is 1. The van der Waals surface area contributed by atoms with Gasteiger partial charge in [0.2, 0.25) is 9.84 Å². The lowest BCUT2D eigenvalue weighted by Gasteiger charge is -2.09. The molecule has 0 unspecified atom stereocenters. The number of rotatable bonds is 3. The number of anilines is 1. The van der Waals surface area contributed by atoms with Gasteiger partial charge >= 0.3 is 0 Å². The topological polar surface area (TPSA) is 90.9 Å². The van der Waals surface area contributed by atoms with Gasteiger partial charge < -0.3 is 5.73 Å². The Labute approximate surface area is 187 Å². The van der Waals surface area contributed by atoms with E-state index < -0.39 is 9.84 Å². The zero-order chi connectivity index (χ0) is 21.8. The van der Waals surface area contributed by atoms with Gasteiger partial charge in [0, 0.05) is 4.47 Å². The number of para-hydroxylation sites is 2. The van der Waals surface area contributed by atoms with Crippen molar-refractivity contribution in [3.8, 4) is 5.69 Å². The van der Waals surface area contributed by atoms with E-state index in [0.717, 1.165) is 10.0 Å². The van der Waals surface area contributed by atoms with Crippen molar-refractivity contribution in [2.24, 2.45) is 0 Å². The number of sulfone groups is 1. The van der Waals surface area contributed by atoms with E-state index in [2.05, 4.69) is 20.9 Å². The second kappa shape index (κ2) is 7.18. The van der Waals surface area contributed by atoms with E-state index in [1.54, 1.807) is 34.9 Å². The summed E-state index contributed by atoms with van der Waals surface area (Å²) in [4.78, 5) is 9.51. The van der Waals surface area contributed by atoms with Crippen LogP contribution in [0.3, 0.4) is 0 Å². The van der Waals surface area contributed by atoms with Crippen LogP contribution in [0.5, 0.6) is 0 Å². The molecule has 8 heteroatoms. The van der Waals surface area contributed by atoms with E-state index in [0.29, 0.717) is 22.4 Å². The number of benzene rings is 3. The van der Waals surface area contributed by atoms with Crippen LogP contribution in [0.1, 0.15) is 5.56 Å². The second-order valence-electron chi connectivity index (χ2n) is 7.23. The van der Waals surface area contributed by atoms with Gasteiger partial charge in [0.25, 0.3) is 0 Å². The van der Waals surface area contributed by atoms with Crippen LogP contribution in [0.15, 0.2) is 87.1 Å². The second-order valence-corrected chi connectivity index (χ2v) is 10.0. The van der Waals surface area contributed by atoms with Gasteiger partial charge in [0.1, 0.15) is 16.2 Å². The molecule has 5 aromatic rings. The van der Waals surface area contributed by atoms with Crippen LogP contribution in [0.2, 0.25) is 0 Å². The molecule has 0 saturated heterocycles. The minimum atomic E-state index is -3.94. The number of hydrogen-bond acceptors (Lipinski definition) is 5. The van der Waals surface area contributed by atoms with Gasteiger partial charge in [-0.05, 0) is 49.4 Å². The van der Waals surface area contributed by atoms with Gasteiger partial charge in [-0.3, -0.25) is 4.57 Å². The van der Waals surface area contributed by atoms with E-state index in [4.69, 9.17) is 10.7 Å². The summed E-state index contributed by atoms with van der Waals surface area (Å²) in [6, 6.07) is 21.5. The van der Waals surface area contributed by atoms with Gasteiger partial charge in [-0.2, -0.15) is 0 Å². The molecule has 2 N–H and O–H groups in total. The first-order chi connectivity index (χ1) is 14.9. The van der Waals surface area contributed by atoms with Crippen molar-refractivity contribution >= 4 is 53.8 Å². The standard InChI is InChI=1S/C23H17BrN4O2S/c1-14-9-11-17(12-10-14)31(29,30)21-20-23(27-19-8-3-2-7-18(19)26-20)28(22(21)25)16-6-4-5-15(24)13-16/h2-13H,25H2,1H3. The molecule has 0 aliphatic heterocycles. The van der Waals surface area contributed by atoms with Crippen molar-refractivity contribution in [3.63, 3.8) is 0 Å². The van der Waals surface area contributed by atoms with E-state index in [-0.39, 0.29) is 21.1 Å². The molecule has 0 amide bonds. The number of halogens is 1. The molecule has 154 valence electrons. The molecule has 0 bridgehead atoms. The van der Waals surface area contributed by atoms with Crippen molar-refractivity contribution in [3.05, 3.63) is 82.8 Å². The normalized spacial score (nSPS) is 11.9. The molecule has 31 heavy (non-hydrogen) atoms. The fourth-order valence-electron chi connectivity index (χ4n) is 3.61. The Morgan fingerprint density at radius 2 is 1.58 bits per heavy atom. The smallest absolute Gasteiger partial charge is 0.212 e. The molecule has 3 aromatic carbocycles. The highest BCUT2D eigenvalue weighted by molar-refractivity contribution is 9.10. The number of aromatic nitrogens is 3. The van der Waals surface area contributed by atoms with Gasteiger partial charge in [0.15, 0.2) is 5.65 Å². The van der Waals surface area contributed by atoms with E-state index in [1.807, 2.05) is 49.4 Å². The maximum absolute atomic E-state index is 13.7. The molecule has 0 fully saturated rings. The van der Waals surface area contributed by atoms with Crippen molar-refractivity contribution in [2.45, 2.75) is 16.7 Å². The Bertz CT molecular complexity index is 1580. The first kappa shape index (κ1) is 19.7. The fourth-order valence-corrected chi connectivity index (χ4v) is 5.49. The third kappa shape index (κ3) is 3.19. The summed E-state index contributed by atoms with van der Waals surface area (Å²) < 4.78 is 29.8. The quantitative estimate of drug-likeness (QED) is 0.380. The third-order valence-corrected chi connectivity index (χ3v) is 7.44. The molecule has 5 rings (SSSR count). The van der Waals surface area contributed by atoms with Crippen molar-refractivity contribution in [2.75, 3.05) is 5.73 Å². The van der Waals surface area contributed by atoms with E-state index in [9.17, 15) is 8.42 Å². The van der Waals surface area contributed by atoms with Crippen molar-refractivity contribution in [1.82, 2.24) is 14.5 Å². The Balaban J connectivity index is 1.91. The average Bonchev–Trinajstić information content (AvgIpc) is 3.03. The summed E-state index contributed by atoms with van der Waals surface area (Å²) in [5.74, 6) is 0.0731. The van der Waals surface area contributed by atoms with E-state index >= 15 is 0 Å². The SMILES string of the molecule is Cc1ccc(S(=O)(=O)c2c(N)n(-c3cccc(Br)c3)c3nc4ccccc4nc23)cc1. The van der Waals surface area contributed by atoms with Crippen LogP contribution >= 0.6 is 15.9 Å². The van der Waals surface area contributed by atoms with Crippen molar-refractivity contribution < 1.29 is 8.42 Å². The summed E-state index contributed by atoms with van der Waals surface area (Å²) in [5, 5.41) is 0. The first-order valence-corrected chi connectivity index (χ1v) is 11.8. The fraction of sp³-hybridized carbons (Fsp3) is 0.0435. The molecular formula is C23H17BrN4O2S. The summed E-state index contributed by atoms with van der Waals surface area (Å²) >= 11 is 3.47. The molecule has 0 spiro atoms. The van der Waals surface area contributed by atoms with Gasteiger partial charge in [-0.15, -0.1) is 0 Å². The predicted octanol–water partition coefficient (Wildman–Crippen LogP) is 5.06. The Morgan fingerprint density at radius 3 is 2.26 bits per heavy atom. The summed E-state index contributed by atoms with van der Waals surface area (Å²) in [6.07, 6.45) is 0. The zero-order valence-electron chi connectivity index (χ0n) is 16.4. The number of aryl methyl sites for hydroxylation is 1. The maximum atomic E-state index is 13.7. The van der Waals surface area contributed by atoms with E-state index in [1.165, 1.54) is 0 Å². The first-order valence-electron chi connectivity index (χ1n) is 9.50. The summed E-state index contributed by atoms with van der Waals surface area (Å²) in [6.45, 7) is 1.90. The summed E-state index contributed by atoms with van der Waals surface area (Å²) in [7, 11) is -3.94. The largest absolute Gasteiger partial charge is 0.384 e. The monoisotopic (exact) mass is 492 g/mol. The highest BCUT2D eigenvalue weighted by atomic mass is 79.9. The van der Waals surface area contributed by atoms with Gasteiger partial charge in [-0.1, -0.05) is 51.8 Å². The van der Waals surface area contributed by atoms with Crippen LogP contribution in [-0.2, 0) is 9.84 Å². The molecule has 6 nitrogen and oxygen atoms in total. The minimum Gasteiger partial charge on any atom is -0.384 e. The average molecular weight is 493 g/mol. The number of nitrogen functional groups attached to an aromatic ring is 1. The van der Waals surface area contributed by atoms with Crippen molar-refractivity contribution in [1.29, 1.82) is 0 Å². The molecule has 2 aromatic heterocycles. The molecule has 0 aliphatic carbocycles. The molecule has 0 radical (unpaired) electrons. The third-order valence-electron chi connectivity index (χ3n) is 5.12. The van der Waals surface area contributed by atoms with Crippen LogP contribution in [0, 0.1) is 6.92 Å². The van der Waals surface area contributed by atoms with Gasteiger partial charge in [0.05, 0.1) is 21.6 Å². The molecule has 0 atom stereocenters. The predicted molar refractivity (Wildman–Crippen MR) is 125 cm³/mol. The highest BCUT2D eigenvalue weighted by Crippen LogP contribution is 2.37. The number of nitrogens with zero attached hydrogens (tertiary/aromatic N) is 3. The maximum Gasteiger partial charge on any atom is 0.212 e.